The second-order valence-electron chi connectivity index (χ2n) is 5.66. The molecule has 2 aromatic rings. The highest BCUT2D eigenvalue weighted by atomic mass is 16.5. The van der Waals surface area contributed by atoms with Gasteiger partial charge < -0.3 is 20.3 Å². The predicted molar refractivity (Wildman–Crippen MR) is 99.7 cm³/mol. The Bertz CT molecular complexity index is 801. The number of nitrogens with zero attached hydrogens (tertiary/aromatic N) is 1. The van der Waals surface area contributed by atoms with Gasteiger partial charge in [0.1, 0.15) is 17.2 Å². The lowest BCUT2D eigenvalue weighted by Gasteiger charge is -2.11. The van der Waals surface area contributed by atoms with Crippen LogP contribution in [0.5, 0.6) is 17.2 Å². The van der Waals surface area contributed by atoms with E-state index in [1.807, 2.05) is 31.2 Å². The number of amides is 2. The SMILES string of the molecule is CC/C(=N\NC(=O)NCc1ccc(OC)cc1)c1ccc(O)c(C)c1O. The summed E-state index contributed by atoms with van der Waals surface area (Å²) in [5, 5.41) is 26.6. The van der Waals surface area contributed by atoms with E-state index < -0.39 is 6.03 Å². The number of methoxy groups -OCH3 is 1. The molecule has 0 saturated heterocycles. The van der Waals surface area contributed by atoms with Gasteiger partial charge in [0.25, 0.3) is 0 Å². The first-order valence-electron chi connectivity index (χ1n) is 8.21. The van der Waals surface area contributed by atoms with Gasteiger partial charge in [0, 0.05) is 17.7 Å². The fourth-order valence-corrected chi connectivity index (χ4v) is 2.34. The standard InChI is InChI=1S/C19H23N3O4/c1-4-16(15-9-10-17(23)12(2)18(15)24)21-22-19(25)20-11-13-5-7-14(26-3)8-6-13/h5-10,23-24H,4,11H2,1-3H3,(H2,20,22,25)/b21-16+. The molecule has 4 N–H and O–H groups in total. The number of aromatic hydroxyl groups is 2. The molecule has 2 rings (SSSR count). The monoisotopic (exact) mass is 357 g/mol. The summed E-state index contributed by atoms with van der Waals surface area (Å²) in [6, 6.07) is 9.95. The third-order valence-corrected chi connectivity index (χ3v) is 3.95. The number of carbonyl (C=O) groups is 1. The lowest BCUT2D eigenvalue weighted by molar-refractivity contribution is 0.241. The molecule has 26 heavy (non-hydrogen) atoms. The predicted octanol–water partition coefficient (Wildman–Crippen LogP) is 3.03. The number of phenols is 2. The largest absolute Gasteiger partial charge is 0.508 e. The van der Waals surface area contributed by atoms with E-state index in [4.69, 9.17) is 4.74 Å². The molecule has 0 aliphatic rings. The number of carbonyl (C=O) groups excluding carboxylic acids is 1. The van der Waals surface area contributed by atoms with Crippen LogP contribution in [0.25, 0.3) is 0 Å². The number of benzene rings is 2. The van der Waals surface area contributed by atoms with Gasteiger partial charge >= 0.3 is 6.03 Å². The van der Waals surface area contributed by atoms with Crippen LogP contribution in [0.15, 0.2) is 41.5 Å². The molecular weight excluding hydrogens is 334 g/mol. The Morgan fingerprint density at radius 2 is 1.85 bits per heavy atom. The van der Waals surface area contributed by atoms with Gasteiger partial charge in [-0.15, -0.1) is 0 Å². The Labute approximate surface area is 152 Å². The Kier molecular flexibility index (Phi) is 6.43. The van der Waals surface area contributed by atoms with Crippen LogP contribution in [0.1, 0.15) is 30.0 Å². The van der Waals surface area contributed by atoms with Crippen molar-refractivity contribution >= 4 is 11.7 Å². The molecule has 0 unspecified atom stereocenters. The van der Waals surface area contributed by atoms with Crippen LogP contribution in [0.2, 0.25) is 0 Å². The minimum Gasteiger partial charge on any atom is -0.508 e. The van der Waals surface area contributed by atoms with E-state index in [1.165, 1.54) is 6.07 Å². The van der Waals surface area contributed by atoms with E-state index in [2.05, 4.69) is 15.8 Å². The Balaban J connectivity index is 1.99. The van der Waals surface area contributed by atoms with Gasteiger partial charge in [0.15, 0.2) is 0 Å². The summed E-state index contributed by atoms with van der Waals surface area (Å²) in [6.45, 7) is 3.81. The van der Waals surface area contributed by atoms with Crippen LogP contribution in [0.3, 0.4) is 0 Å². The van der Waals surface area contributed by atoms with E-state index in [0.29, 0.717) is 29.8 Å². The van der Waals surface area contributed by atoms with Crippen LogP contribution in [-0.4, -0.2) is 29.1 Å². The van der Waals surface area contributed by atoms with Crippen molar-refractivity contribution in [2.75, 3.05) is 7.11 Å². The van der Waals surface area contributed by atoms with Crippen molar-refractivity contribution < 1.29 is 19.7 Å². The smallest absolute Gasteiger partial charge is 0.335 e. The second-order valence-corrected chi connectivity index (χ2v) is 5.66. The number of nitrogens with one attached hydrogen (secondary N) is 2. The van der Waals surface area contributed by atoms with Crippen molar-refractivity contribution in [2.45, 2.75) is 26.8 Å². The highest BCUT2D eigenvalue weighted by Crippen LogP contribution is 2.30. The fraction of sp³-hybridized carbons (Fsp3) is 0.263. The third kappa shape index (κ3) is 4.66. The van der Waals surface area contributed by atoms with Crippen molar-refractivity contribution in [1.29, 1.82) is 0 Å². The van der Waals surface area contributed by atoms with Crippen molar-refractivity contribution in [3.05, 3.63) is 53.1 Å². The van der Waals surface area contributed by atoms with E-state index >= 15 is 0 Å². The number of rotatable bonds is 6. The Morgan fingerprint density at radius 1 is 1.15 bits per heavy atom. The zero-order chi connectivity index (χ0) is 19.1. The highest BCUT2D eigenvalue weighted by Gasteiger charge is 2.13. The molecular formula is C19H23N3O4. The van der Waals surface area contributed by atoms with Gasteiger partial charge in [-0.1, -0.05) is 19.1 Å². The molecule has 0 spiro atoms. The van der Waals surface area contributed by atoms with Crippen LogP contribution >= 0.6 is 0 Å². The van der Waals surface area contributed by atoms with E-state index in [0.717, 1.165) is 11.3 Å². The second kappa shape index (κ2) is 8.75. The molecule has 0 aliphatic carbocycles. The van der Waals surface area contributed by atoms with Gasteiger partial charge in [-0.25, -0.2) is 10.2 Å². The first-order chi connectivity index (χ1) is 12.5. The van der Waals surface area contributed by atoms with E-state index in [1.54, 1.807) is 20.1 Å². The zero-order valence-corrected chi connectivity index (χ0v) is 15.0. The molecule has 0 heterocycles. The summed E-state index contributed by atoms with van der Waals surface area (Å²) in [5.41, 5.74) is 4.69. The topological polar surface area (TPSA) is 103 Å². The summed E-state index contributed by atoms with van der Waals surface area (Å²) >= 11 is 0. The molecule has 0 radical (unpaired) electrons. The number of hydrogen-bond donors (Lipinski definition) is 4. The van der Waals surface area contributed by atoms with Crippen molar-refractivity contribution in [2.24, 2.45) is 5.10 Å². The van der Waals surface area contributed by atoms with Gasteiger partial charge in [-0.2, -0.15) is 5.10 Å². The number of hydrogen-bond acceptors (Lipinski definition) is 5. The molecule has 0 aliphatic heterocycles. The van der Waals surface area contributed by atoms with E-state index in [9.17, 15) is 15.0 Å². The van der Waals surface area contributed by atoms with Crippen LogP contribution in [-0.2, 0) is 6.54 Å². The maximum Gasteiger partial charge on any atom is 0.335 e. The van der Waals surface area contributed by atoms with Gasteiger partial charge in [-0.05, 0) is 43.2 Å². The molecule has 7 nitrogen and oxygen atoms in total. The fourth-order valence-electron chi connectivity index (χ4n) is 2.34. The summed E-state index contributed by atoms with van der Waals surface area (Å²) in [5.74, 6) is 0.706. The molecule has 0 aromatic heterocycles. The first kappa shape index (κ1) is 19.1. The van der Waals surface area contributed by atoms with Crippen LogP contribution in [0.4, 0.5) is 4.79 Å². The average molecular weight is 357 g/mol. The summed E-state index contributed by atoms with van der Waals surface area (Å²) in [4.78, 5) is 11.9. The van der Waals surface area contributed by atoms with Gasteiger partial charge in [-0.3, -0.25) is 0 Å². The normalized spacial score (nSPS) is 11.1. The maximum atomic E-state index is 11.9. The minimum atomic E-state index is -0.457. The van der Waals surface area contributed by atoms with E-state index in [-0.39, 0.29) is 11.5 Å². The van der Waals surface area contributed by atoms with Crippen LogP contribution < -0.4 is 15.5 Å². The summed E-state index contributed by atoms with van der Waals surface area (Å²) in [6.07, 6.45) is 0.497. The molecule has 138 valence electrons. The molecule has 7 heteroatoms. The molecule has 0 saturated carbocycles. The summed E-state index contributed by atoms with van der Waals surface area (Å²) < 4.78 is 5.09. The zero-order valence-electron chi connectivity index (χ0n) is 15.0. The van der Waals surface area contributed by atoms with Gasteiger partial charge in [0.05, 0.1) is 12.8 Å². The first-order valence-corrected chi connectivity index (χ1v) is 8.21. The molecule has 0 atom stereocenters. The molecule has 2 aromatic carbocycles. The number of phenolic OH excluding ortho intramolecular Hbond substituents is 2. The molecule has 0 bridgehead atoms. The van der Waals surface area contributed by atoms with Gasteiger partial charge in [0.2, 0.25) is 0 Å². The highest BCUT2D eigenvalue weighted by molar-refractivity contribution is 6.03. The van der Waals surface area contributed by atoms with Crippen molar-refractivity contribution in [1.82, 2.24) is 10.7 Å². The maximum absolute atomic E-state index is 11.9. The summed E-state index contributed by atoms with van der Waals surface area (Å²) in [7, 11) is 1.59. The minimum absolute atomic E-state index is 0.00639. The average Bonchev–Trinajstić information content (AvgIpc) is 2.66. The quantitative estimate of drug-likeness (QED) is 0.471. The van der Waals surface area contributed by atoms with Crippen molar-refractivity contribution in [3.63, 3.8) is 0 Å². The lowest BCUT2D eigenvalue weighted by atomic mass is 10.0. The third-order valence-electron chi connectivity index (χ3n) is 3.95. The Hall–Kier alpha value is -3.22. The number of ether oxygens (including phenoxy) is 1. The van der Waals surface area contributed by atoms with Crippen LogP contribution in [0, 0.1) is 6.92 Å². The Morgan fingerprint density at radius 3 is 2.46 bits per heavy atom. The molecule has 2 amide bonds. The lowest BCUT2D eigenvalue weighted by Crippen LogP contribution is -2.32. The number of urea groups is 1. The molecule has 0 fully saturated rings. The van der Waals surface area contributed by atoms with Crippen molar-refractivity contribution in [3.8, 4) is 17.2 Å². The number of hydrazone groups is 1.